The van der Waals surface area contributed by atoms with E-state index in [1.807, 2.05) is 31.2 Å². The highest BCUT2D eigenvalue weighted by Gasteiger charge is 2.07. The Kier molecular flexibility index (Phi) is 7.63. The first-order valence-corrected chi connectivity index (χ1v) is 7.66. The lowest BCUT2D eigenvalue weighted by atomic mass is 10.1. The summed E-state index contributed by atoms with van der Waals surface area (Å²) >= 11 is 5.86. The van der Waals surface area contributed by atoms with E-state index < -0.39 is 0 Å². The average molecular weight is 297 g/mol. The lowest BCUT2D eigenvalue weighted by molar-refractivity contribution is -0.121. The average Bonchev–Trinajstić information content (AvgIpc) is 2.41. The summed E-state index contributed by atoms with van der Waals surface area (Å²) in [5.41, 5.74) is 1.25. The molecular formula is C16H25ClN2O. The smallest absolute Gasteiger partial charge is 0.221 e. The maximum absolute atomic E-state index is 11.6. The van der Waals surface area contributed by atoms with E-state index in [1.54, 1.807) is 0 Å². The van der Waals surface area contributed by atoms with Crippen molar-refractivity contribution in [3.63, 3.8) is 0 Å². The summed E-state index contributed by atoms with van der Waals surface area (Å²) in [5.74, 6) is 0.116. The van der Waals surface area contributed by atoms with Gasteiger partial charge in [-0.2, -0.15) is 0 Å². The summed E-state index contributed by atoms with van der Waals surface area (Å²) in [7, 11) is 0. The summed E-state index contributed by atoms with van der Waals surface area (Å²) in [4.78, 5) is 11.6. The van der Waals surface area contributed by atoms with Crippen LogP contribution in [0.15, 0.2) is 24.3 Å². The van der Waals surface area contributed by atoms with Crippen LogP contribution >= 0.6 is 11.6 Å². The maximum Gasteiger partial charge on any atom is 0.221 e. The molecule has 1 aromatic rings. The molecule has 0 radical (unpaired) electrons. The Morgan fingerprint density at radius 3 is 2.45 bits per heavy atom. The van der Waals surface area contributed by atoms with Gasteiger partial charge in [-0.15, -0.1) is 0 Å². The zero-order chi connectivity index (χ0) is 15.0. The second-order valence-electron chi connectivity index (χ2n) is 5.31. The van der Waals surface area contributed by atoms with Crippen molar-refractivity contribution in [1.82, 2.24) is 10.6 Å². The highest BCUT2D eigenvalue weighted by molar-refractivity contribution is 6.30. The van der Waals surface area contributed by atoms with Gasteiger partial charge < -0.3 is 10.6 Å². The van der Waals surface area contributed by atoms with Crippen LogP contribution in [0, 0.1) is 0 Å². The van der Waals surface area contributed by atoms with Gasteiger partial charge in [0.05, 0.1) is 0 Å². The van der Waals surface area contributed by atoms with Gasteiger partial charge in [-0.05, 0) is 44.4 Å². The van der Waals surface area contributed by atoms with E-state index >= 15 is 0 Å². The lowest BCUT2D eigenvalue weighted by Gasteiger charge is -2.15. The third kappa shape index (κ3) is 6.92. The van der Waals surface area contributed by atoms with Crippen molar-refractivity contribution >= 4 is 17.5 Å². The van der Waals surface area contributed by atoms with Crippen LogP contribution in [-0.2, 0) is 11.2 Å². The first-order chi connectivity index (χ1) is 9.51. The van der Waals surface area contributed by atoms with E-state index in [0.717, 1.165) is 17.9 Å². The van der Waals surface area contributed by atoms with Crippen molar-refractivity contribution in [3.05, 3.63) is 34.9 Å². The van der Waals surface area contributed by atoms with Crippen molar-refractivity contribution in [1.29, 1.82) is 0 Å². The first-order valence-electron chi connectivity index (χ1n) is 7.28. The molecule has 0 bridgehead atoms. The number of amides is 1. The van der Waals surface area contributed by atoms with E-state index in [9.17, 15) is 4.79 Å². The van der Waals surface area contributed by atoms with Gasteiger partial charge in [0.15, 0.2) is 0 Å². The molecule has 0 saturated carbocycles. The molecule has 0 aliphatic carbocycles. The molecule has 0 fully saturated rings. The molecule has 1 aromatic carbocycles. The third-order valence-electron chi connectivity index (χ3n) is 3.32. The fourth-order valence-electron chi connectivity index (χ4n) is 1.93. The van der Waals surface area contributed by atoms with Crippen molar-refractivity contribution in [3.8, 4) is 0 Å². The van der Waals surface area contributed by atoms with E-state index in [0.29, 0.717) is 19.0 Å². The molecule has 3 nitrogen and oxygen atoms in total. The molecule has 0 saturated heterocycles. The zero-order valence-electron chi connectivity index (χ0n) is 12.6. The largest absolute Gasteiger partial charge is 0.354 e. The van der Waals surface area contributed by atoms with Gasteiger partial charge in [0.25, 0.3) is 0 Å². The van der Waals surface area contributed by atoms with E-state index in [2.05, 4.69) is 24.5 Å². The van der Waals surface area contributed by atoms with Crippen molar-refractivity contribution in [2.24, 2.45) is 0 Å². The molecule has 2 atom stereocenters. The maximum atomic E-state index is 11.6. The topological polar surface area (TPSA) is 41.1 Å². The van der Waals surface area contributed by atoms with Crippen LogP contribution in [0.3, 0.4) is 0 Å². The minimum absolute atomic E-state index is 0.116. The predicted molar refractivity (Wildman–Crippen MR) is 85.1 cm³/mol. The Morgan fingerprint density at radius 1 is 1.20 bits per heavy atom. The number of nitrogens with one attached hydrogen (secondary N) is 2. The minimum atomic E-state index is 0.116. The Balaban J connectivity index is 2.21. The number of rotatable bonds is 8. The Hall–Kier alpha value is -1.06. The predicted octanol–water partition coefficient (Wildman–Crippen LogP) is 3.17. The van der Waals surface area contributed by atoms with Gasteiger partial charge >= 0.3 is 0 Å². The summed E-state index contributed by atoms with van der Waals surface area (Å²) in [5, 5.41) is 7.10. The zero-order valence-corrected chi connectivity index (χ0v) is 13.3. The van der Waals surface area contributed by atoms with Gasteiger partial charge in [-0.1, -0.05) is 30.7 Å². The van der Waals surface area contributed by atoms with Crippen molar-refractivity contribution in [2.45, 2.75) is 52.1 Å². The summed E-state index contributed by atoms with van der Waals surface area (Å²) in [6.45, 7) is 6.92. The molecule has 20 heavy (non-hydrogen) atoms. The van der Waals surface area contributed by atoms with Crippen LogP contribution in [0.5, 0.6) is 0 Å². The van der Waals surface area contributed by atoms with Gasteiger partial charge in [0.2, 0.25) is 5.91 Å². The Labute approximate surface area is 127 Å². The van der Waals surface area contributed by atoms with Crippen molar-refractivity contribution < 1.29 is 4.79 Å². The molecule has 1 rings (SSSR count). The lowest BCUT2D eigenvalue weighted by Crippen LogP contribution is -2.36. The van der Waals surface area contributed by atoms with Gasteiger partial charge in [-0.25, -0.2) is 0 Å². The SMILES string of the molecule is CCC(C)NC(=O)CCNC(C)Cc1ccc(Cl)cc1. The molecule has 0 aliphatic rings. The van der Waals surface area contributed by atoms with E-state index in [-0.39, 0.29) is 11.9 Å². The molecule has 112 valence electrons. The van der Waals surface area contributed by atoms with Gasteiger partial charge in [0.1, 0.15) is 0 Å². The normalized spacial score (nSPS) is 13.8. The van der Waals surface area contributed by atoms with Gasteiger partial charge in [-0.3, -0.25) is 4.79 Å². The quantitative estimate of drug-likeness (QED) is 0.774. The third-order valence-corrected chi connectivity index (χ3v) is 3.57. The highest BCUT2D eigenvalue weighted by Crippen LogP contribution is 2.10. The Bertz CT molecular complexity index is 405. The van der Waals surface area contributed by atoms with E-state index in [4.69, 9.17) is 11.6 Å². The second kappa shape index (κ2) is 8.98. The van der Waals surface area contributed by atoms with Crippen LogP contribution in [0.1, 0.15) is 39.2 Å². The summed E-state index contributed by atoms with van der Waals surface area (Å²) in [6.07, 6.45) is 2.42. The van der Waals surface area contributed by atoms with Crippen molar-refractivity contribution in [2.75, 3.05) is 6.54 Å². The molecular weight excluding hydrogens is 272 g/mol. The minimum Gasteiger partial charge on any atom is -0.354 e. The molecule has 0 aliphatic heterocycles. The molecule has 1 amide bonds. The number of halogens is 1. The monoisotopic (exact) mass is 296 g/mol. The number of benzene rings is 1. The number of hydrogen-bond acceptors (Lipinski definition) is 2. The fraction of sp³-hybridized carbons (Fsp3) is 0.562. The van der Waals surface area contributed by atoms with Crippen LogP contribution in [0.4, 0.5) is 0 Å². The standard InChI is InChI=1S/C16H25ClN2O/c1-4-12(2)19-16(20)9-10-18-13(3)11-14-5-7-15(17)8-6-14/h5-8,12-13,18H,4,9-11H2,1-3H3,(H,19,20). The molecule has 2 N–H and O–H groups in total. The molecule has 0 aromatic heterocycles. The number of hydrogen-bond donors (Lipinski definition) is 2. The number of carbonyl (C=O) groups excluding carboxylic acids is 1. The van der Waals surface area contributed by atoms with Crippen LogP contribution < -0.4 is 10.6 Å². The van der Waals surface area contributed by atoms with E-state index in [1.165, 1.54) is 5.56 Å². The number of carbonyl (C=O) groups is 1. The van der Waals surface area contributed by atoms with Gasteiger partial charge in [0, 0.05) is 30.1 Å². The first kappa shape index (κ1) is 17.0. The summed E-state index contributed by atoms with van der Waals surface area (Å²) in [6, 6.07) is 8.49. The second-order valence-corrected chi connectivity index (χ2v) is 5.75. The molecule has 0 heterocycles. The van der Waals surface area contributed by atoms with Crippen LogP contribution in [-0.4, -0.2) is 24.5 Å². The summed E-state index contributed by atoms with van der Waals surface area (Å²) < 4.78 is 0. The molecule has 4 heteroatoms. The Morgan fingerprint density at radius 2 is 1.85 bits per heavy atom. The fourth-order valence-corrected chi connectivity index (χ4v) is 2.05. The van der Waals surface area contributed by atoms with Crippen LogP contribution in [0.25, 0.3) is 0 Å². The molecule has 0 spiro atoms. The molecule has 2 unspecified atom stereocenters. The highest BCUT2D eigenvalue weighted by atomic mass is 35.5. The van der Waals surface area contributed by atoms with Crippen LogP contribution in [0.2, 0.25) is 5.02 Å².